The van der Waals surface area contributed by atoms with Crippen LogP contribution >= 0.6 is 0 Å². The predicted octanol–water partition coefficient (Wildman–Crippen LogP) is 3.39. The van der Waals surface area contributed by atoms with E-state index in [9.17, 15) is 4.79 Å². The molecule has 3 N–H and O–H groups in total. The largest absolute Gasteiger partial charge is 0.360 e. The molecule has 0 atom stereocenters. The van der Waals surface area contributed by atoms with Crippen molar-refractivity contribution in [3.05, 3.63) is 77.0 Å². The second-order valence-corrected chi connectivity index (χ2v) is 6.96. The summed E-state index contributed by atoms with van der Waals surface area (Å²) in [6, 6.07) is 16.0. The average molecular weight is 370 g/mol. The number of carbonyl (C=O) groups is 1. The minimum atomic E-state index is -0.0636. The highest BCUT2D eigenvalue weighted by Gasteiger charge is 2.09. The molecule has 1 amide bonds. The van der Waals surface area contributed by atoms with Crippen molar-refractivity contribution in [2.45, 2.75) is 12.8 Å². The first kappa shape index (κ1) is 18.0. The normalized spacial score (nSPS) is 13.8. The molecule has 0 radical (unpaired) electrons. The Bertz CT molecular complexity index is 1070. The molecule has 4 rings (SSSR count). The predicted molar refractivity (Wildman–Crippen MR) is 111 cm³/mol. The summed E-state index contributed by atoms with van der Waals surface area (Å²) in [5, 5.41) is 16.4. The van der Waals surface area contributed by atoms with Gasteiger partial charge in [0.1, 0.15) is 6.07 Å². The van der Waals surface area contributed by atoms with E-state index >= 15 is 0 Å². The van der Waals surface area contributed by atoms with Crippen LogP contribution in [-0.4, -0.2) is 30.5 Å². The molecular weight excluding hydrogens is 348 g/mol. The van der Waals surface area contributed by atoms with Crippen LogP contribution in [0.15, 0.2) is 54.7 Å². The number of aromatic amines is 1. The van der Waals surface area contributed by atoms with Crippen LogP contribution in [0.1, 0.15) is 33.5 Å². The van der Waals surface area contributed by atoms with E-state index in [1.807, 2.05) is 42.5 Å². The van der Waals surface area contributed by atoms with Crippen LogP contribution in [0.4, 0.5) is 0 Å². The lowest BCUT2D eigenvalue weighted by Crippen LogP contribution is -2.25. The van der Waals surface area contributed by atoms with Crippen molar-refractivity contribution in [1.82, 2.24) is 15.6 Å². The van der Waals surface area contributed by atoms with Crippen LogP contribution in [0.5, 0.6) is 0 Å². The van der Waals surface area contributed by atoms with Gasteiger partial charge in [0, 0.05) is 35.8 Å². The summed E-state index contributed by atoms with van der Waals surface area (Å²) >= 11 is 0. The molecule has 3 aromatic rings. The number of hydrogen-bond donors (Lipinski definition) is 3. The molecule has 0 aliphatic carbocycles. The molecule has 1 aromatic heterocycles. The zero-order valence-electron chi connectivity index (χ0n) is 15.6. The highest BCUT2D eigenvalue weighted by molar-refractivity contribution is 5.94. The van der Waals surface area contributed by atoms with Gasteiger partial charge in [-0.1, -0.05) is 24.3 Å². The summed E-state index contributed by atoms with van der Waals surface area (Å²) in [5.41, 5.74) is 5.88. The average Bonchev–Trinajstić information content (AvgIpc) is 3.17. The monoisotopic (exact) mass is 370 g/mol. The number of nitrogens with one attached hydrogen (secondary N) is 3. The summed E-state index contributed by atoms with van der Waals surface area (Å²) < 4.78 is 0. The highest BCUT2D eigenvalue weighted by Crippen LogP contribution is 2.21. The summed E-state index contributed by atoms with van der Waals surface area (Å²) in [6.07, 6.45) is 5.66. The molecular formula is C23H22N4O. The number of rotatable bonds is 5. The molecule has 2 aromatic carbocycles. The van der Waals surface area contributed by atoms with Crippen LogP contribution in [0.2, 0.25) is 0 Å². The number of benzene rings is 2. The third-order valence-electron chi connectivity index (χ3n) is 5.15. The lowest BCUT2D eigenvalue weighted by molar-refractivity contribution is 0.0954. The standard InChI is InChI=1S/C23H22N4O/c24-14-20-15-27-22-6-1-16(13-21(20)22)7-12-26-23(28)19-4-2-17(3-5-19)18-8-10-25-11-9-18/h1-6,8,13,15,25,27H,7,9-12H2,(H,26,28). The fraction of sp³-hybridized carbons (Fsp3) is 0.217. The highest BCUT2D eigenvalue weighted by atomic mass is 16.1. The lowest BCUT2D eigenvalue weighted by atomic mass is 9.99. The van der Waals surface area contributed by atoms with E-state index in [1.54, 1.807) is 6.20 Å². The smallest absolute Gasteiger partial charge is 0.251 e. The summed E-state index contributed by atoms with van der Waals surface area (Å²) in [5.74, 6) is -0.0636. The van der Waals surface area contributed by atoms with Gasteiger partial charge in [-0.25, -0.2) is 0 Å². The zero-order valence-corrected chi connectivity index (χ0v) is 15.6. The molecule has 0 bridgehead atoms. The van der Waals surface area contributed by atoms with Crippen molar-refractivity contribution in [3.8, 4) is 6.07 Å². The number of hydrogen-bond acceptors (Lipinski definition) is 3. The first-order valence-corrected chi connectivity index (χ1v) is 9.53. The fourth-order valence-electron chi connectivity index (χ4n) is 3.56. The number of amides is 1. The Morgan fingerprint density at radius 2 is 2.04 bits per heavy atom. The topological polar surface area (TPSA) is 80.7 Å². The fourth-order valence-corrected chi connectivity index (χ4v) is 3.56. The number of nitriles is 1. The van der Waals surface area contributed by atoms with Gasteiger partial charge >= 0.3 is 0 Å². The zero-order chi connectivity index (χ0) is 19.3. The quantitative estimate of drug-likeness (QED) is 0.644. The van der Waals surface area contributed by atoms with Gasteiger partial charge in [-0.05, 0) is 60.4 Å². The van der Waals surface area contributed by atoms with E-state index in [0.717, 1.165) is 42.4 Å². The Morgan fingerprint density at radius 3 is 2.79 bits per heavy atom. The number of carbonyl (C=O) groups excluding carboxylic acids is 1. The Balaban J connectivity index is 1.35. The van der Waals surface area contributed by atoms with Crippen LogP contribution in [0.25, 0.3) is 16.5 Å². The maximum atomic E-state index is 12.4. The van der Waals surface area contributed by atoms with E-state index < -0.39 is 0 Å². The maximum Gasteiger partial charge on any atom is 0.251 e. The lowest BCUT2D eigenvalue weighted by Gasteiger charge is -2.14. The molecule has 1 aliphatic rings. The van der Waals surface area contributed by atoms with Gasteiger partial charge in [0.15, 0.2) is 0 Å². The van der Waals surface area contributed by atoms with Gasteiger partial charge in [-0.3, -0.25) is 4.79 Å². The first-order valence-electron chi connectivity index (χ1n) is 9.53. The molecule has 0 unspecified atom stereocenters. The SMILES string of the molecule is N#Cc1c[nH]c2ccc(CCNC(=O)c3ccc(C4=CCNCC4)cc3)cc12. The molecule has 5 heteroatoms. The van der Waals surface area contributed by atoms with Crippen molar-refractivity contribution in [2.75, 3.05) is 19.6 Å². The molecule has 0 saturated heterocycles. The van der Waals surface area contributed by atoms with Crippen LogP contribution in [0.3, 0.4) is 0 Å². The van der Waals surface area contributed by atoms with E-state index in [0.29, 0.717) is 17.7 Å². The number of aromatic nitrogens is 1. The second kappa shape index (κ2) is 8.12. The van der Waals surface area contributed by atoms with Gasteiger partial charge in [0.2, 0.25) is 0 Å². The van der Waals surface area contributed by atoms with Gasteiger partial charge in [-0.2, -0.15) is 5.26 Å². The van der Waals surface area contributed by atoms with Crippen molar-refractivity contribution in [3.63, 3.8) is 0 Å². The first-order chi connectivity index (χ1) is 13.7. The Hall–Kier alpha value is -3.36. The number of fused-ring (bicyclic) bond motifs is 1. The molecule has 28 heavy (non-hydrogen) atoms. The second-order valence-electron chi connectivity index (χ2n) is 6.96. The number of nitrogens with zero attached hydrogens (tertiary/aromatic N) is 1. The van der Waals surface area contributed by atoms with E-state index in [4.69, 9.17) is 5.26 Å². The molecule has 140 valence electrons. The van der Waals surface area contributed by atoms with E-state index in [1.165, 1.54) is 11.1 Å². The third kappa shape index (κ3) is 3.83. The molecule has 0 saturated carbocycles. The molecule has 5 nitrogen and oxygen atoms in total. The van der Waals surface area contributed by atoms with Crippen molar-refractivity contribution >= 4 is 22.4 Å². The van der Waals surface area contributed by atoms with Crippen molar-refractivity contribution in [2.24, 2.45) is 0 Å². The van der Waals surface area contributed by atoms with Gasteiger partial charge in [0.25, 0.3) is 5.91 Å². The van der Waals surface area contributed by atoms with E-state index in [2.05, 4.69) is 27.8 Å². The van der Waals surface area contributed by atoms with Crippen molar-refractivity contribution < 1.29 is 4.79 Å². The molecule has 0 spiro atoms. The molecule has 1 aliphatic heterocycles. The van der Waals surface area contributed by atoms with Gasteiger partial charge in [0.05, 0.1) is 5.56 Å². The molecule has 0 fully saturated rings. The van der Waals surface area contributed by atoms with E-state index in [-0.39, 0.29) is 5.91 Å². The Labute approximate surface area is 164 Å². The van der Waals surface area contributed by atoms with Crippen LogP contribution in [-0.2, 0) is 6.42 Å². The number of H-pyrrole nitrogens is 1. The van der Waals surface area contributed by atoms with Crippen molar-refractivity contribution in [1.29, 1.82) is 5.26 Å². The maximum absolute atomic E-state index is 12.4. The summed E-state index contributed by atoms with van der Waals surface area (Å²) in [4.78, 5) is 15.5. The summed E-state index contributed by atoms with van der Waals surface area (Å²) in [7, 11) is 0. The minimum Gasteiger partial charge on any atom is -0.360 e. The Kier molecular flexibility index (Phi) is 5.22. The van der Waals surface area contributed by atoms with Gasteiger partial charge in [-0.15, -0.1) is 0 Å². The van der Waals surface area contributed by atoms with Crippen LogP contribution in [0, 0.1) is 11.3 Å². The molecule has 2 heterocycles. The summed E-state index contributed by atoms with van der Waals surface area (Å²) in [6.45, 7) is 2.45. The third-order valence-corrected chi connectivity index (χ3v) is 5.15. The Morgan fingerprint density at radius 1 is 1.18 bits per heavy atom. The van der Waals surface area contributed by atoms with Crippen LogP contribution < -0.4 is 10.6 Å². The minimum absolute atomic E-state index is 0.0636. The van der Waals surface area contributed by atoms with Gasteiger partial charge < -0.3 is 15.6 Å².